The van der Waals surface area contributed by atoms with Gasteiger partial charge in [0.1, 0.15) is 0 Å². The van der Waals surface area contributed by atoms with Gasteiger partial charge in [0.15, 0.2) is 0 Å². The molecule has 4 fully saturated rings. The second-order valence-electron chi connectivity index (χ2n) is 12.7. The lowest BCUT2D eigenvalue weighted by Crippen LogP contribution is -2.65. The average molecular weight is 421 g/mol. The number of rotatable bonds is 6. The highest BCUT2D eigenvalue weighted by Gasteiger charge is 2.66. The van der Waals surface area contributed by atoms with Gasteiger partial charge in [0.05, 0.1) is 18.3 Å². The molecule has 0 aliphatic heterocycles. The van der Waals surface area contributed by atoms with Crippen molar-refractivity contribution in [1.82, 2.24) is 0 Å². The van der Waals surface area contributed by atoms with Crippen LogP contribution in [-0.2, 0) is 0 Å². The molecule has 30 heavy (non-hydrogen) atoms. The maximum atomic E-state index is 11.6. The minimum Gasteiger partial charge on any atom is -0.396 e. The highest BCUT2D eigenvalue weighted by atomic mass is 16.3. The lowest BCUT2D eigenvalue weighted by molar-refractivity contribution is -0.240. The first kappa shape index (κ1) is 23.1. The van der Waals surface area contributed by atoms with E-state index >= 15 is 0 Å². The zero-order valence-corrected chi connectivity index (χ0v) is 20.1. The Morgan fingerprint density at radius 1 is 0.900 bits per heavy atom. The van der Waals surface area contributed by atoms with E-state index in [1.54, 1.807) is 0 Å². The van der Waals surface area contributed by atoms with Crippen LogP contribution in [0.3, 0.4) is 0 Å². The molecule has 0 saturated heterocycles. The first-order valence-electron chi connectivity index (χ1n) is 13.2. The number of hydrogen-bond donors (Lipinski definition) is 3. The Hall–Kier alpha value is -0.120. The van der Waals surface area contributed by atoms with Crippen molar-refractivity contribution in [2.75, 3.05) is 6.61 Å². The van der Waals surface area contributed by atoms with E-state index in [1.165, 1.54) is 38.5 Å². The van der Waals surface area contributed by atoms with E-state index in [0.29, 0.717) is 23.7 Å². The summed E-state index contributed by atoms with van der Waals surface area (Å²) in [6.45, 7) is 9.88. The summed E-state index contributed by atoms with van der Waals surface area (Å²) in [7, 11) is 0. The third-order valence-electron chi connectivity index (χ3n) is 10.9. The van der Waals surface area contributed by atoms with Crippen LogP contribution in [-0.4, -0.2) is 33.6 Å². The van der Waals surface area contributed by atoms with E-state index < -0.39 is 11.7 Å². The maximum absolute atomic E-state index is 11.6. The van der Waals surface area contributed by atoms with E-state index in [-0.39, 0.29) is 12.0 Å². The fourth-order valence-corrected chi connectivity index (χ4v) is 9.38. The summed E-state index contributed by atoms with van der Waals surface area (Å²) >= 11 is 0. The Bertz CT molecular complexity index is 605. The summed E-state index contributed by atoms with van der Waals surface area (Å²) in [5.74, 6) is 4.31. The minimum absolute atomic E-state index is 0.0931. The second-order valence-corrected chi connectivity index (χ2v) is 12.7. The lowest BCUT2D eigenvalue weighted by Gasteiger charge is -2.64. The summed E-state index contributed by atoms with van der Waals surface area (Å²) in [6, 6.07) is 0. The smallest absolute Gasteiger partial charge is 0.0753 e. The van der Waals surface area contributed by atoms with Gasteiger partial charge in [-0.05, 0) is 92.3 Å². The Labute approximate surface area is 185 Å². The van der Waals surface area contributed by atoms with Crippen molar-refractivity contribution < 1.29 is 15.3 Å². The van der Waals surface area contributed by atoms with E-state index in [0.717, 1.165) is 55.8 Å². The second kappa shape index (κ2) is 8.34. The quantitative estimate of drug-likeness (QED) is 0.527. The zero-order valence-electron chi connectivity index (χ0n) is 20.1. The molecule has 9 atom stereocenters. The van der Waals surface area contributed by atoms with Crippen LogP contribution in [0.15, 0.2) is 0 Å². The Kier molecular flexibility index (Phi) is 6.41. The van der Waals surface area contributed by atoms with Crippen LogP contribution in [0.1, 0.15) is 105 Å². The molecular weight excluding hydrogens is 372 g/mol. The monoisotopic (exact) mass is 420 g/mol. The van der Waals surface area contributed by atoms with Gasteiger partial charge in [0.25, 0.3) is 0 Å². The van der Waals surface area contributed by atoms with Crippen LogP contribution >= 0.6 is 0 Å². The molecule has 0 radical (unpaired) electrons. The molecule has 4 rings (SSSR count). The van der Waals surface area contributed by atoms with Gasteiger partial charge < -0.3 is 15.3 Å². The predicted molar refractivity (Wildman–Crippen MR) is 122 cm³/mol. The van der Waals surface area contributed by atoms with Crippen LogP contribution in [0.2, 0.25) is 0 Å². The van der Waals surface area contributed by atoms with Gasteiger partial charge in [-0.3, -0.25) is 0 Å². The first-order valence-corrected chi connectivity index (χ1v) is 13.2. The Morgan fingerprint density at radius 3 is 2.37 bits per heavy atom. The molecule has 0 bridgehead atoms. The molecule has 4 saturated carbocycles. The van der Waals surface area contributed by atoms with Crippen LogP contribution < -0.4 is 0 Å². The van der Waals surface area contributed by atoms with Crippen LogP contribution in [0.4, 0.5) is 0 Å². The van der Waals surface area contributed by atoms with Crippen molar-refractivity contribution in [3.05, 3.63) is 0 Å². The summed E-state index contributed by atoms with van der Waals surface area (Å²) in [5, 5.41) is 32.5. The topological polar surface area (TPSA) is 60.7 Å². The molecule has 0 heterocycles. The molecular formula is C27H48O3. The van der Waals surface area contributed by atoms with Crippen molar-refractivity contribution in [2.24, 2.45) is 46.3 Å². The number of aliphatic hydroxyl groups is 3. The average Bonchev–Trinajstić information content (AvgIpc) is 3.04. The summed E-state index contributed by atoms with van der Waals surface area (Å²) in [4.78, 5) is 0. The van der Waals surface area contributed by atoms with E-state index in [1.807, 2.05) is 0 Å². The summed E-state index contributed by atoms with van der Waals surface area (Å²) < 4.78 is 0. The Balaban J connectivity index is 1.52. The van der Waals surface area contributed by atoms with E-state index in [2.05, 4.69) is 27.7 Å². The van der Waals surface area contributed by atoms with Gasteiger partial charge in [0, 0.05) is 11.8 Å². The standard InChI is InChI=1S/C27H48O3/c1-18(2)6-5-7-19(3)22-8-9-23-21-11-15-27(30)16-20(29)10-14-26(27,17-28)24(21)12-13-25(22,23)4/h18-24,28-30H,5-17H2,1-4H3/t19-,20+,21+,22-,23+,24+,25-,26+,27-/m1/s1. The fraction of sp³-hybridized carbons (Fsp3) is 1.00. The van der Waals surface area contributed by atoms with Crippen molar-refractivity contribution in [3.8, 4) is 0 Å². The highest BCUT2D eigenvalue weighted by Crippen LogP contribution is 2.69. The molecule has 174 valence electrons. The molecule has 4 aliphatic carbocycles. The molecule has 0 spiro atoms. The van der Waals surface area contributed by atoms with E-state index in [4.69, 9.17) is 0 Å². The van der Waals surface area contributed by atoms with Gasteiger partial charge >= 0.3 is 0 Å². The number of hydrogen-bond acceptors (Lipinski definition) is 3. The van der Waals surface area contributed by atoms with Gasteiger partial charge in [-0.1, -0.05) is 47.0 Å². The molecule has 0 aromatic rings. The minimum atomic E-state index is -0.865. The first-order chi connectivity index (χ1) is 14.2. The molecule has 3 nitrogen and oxygen atoms in total. The Morgan fingerprint density at radius 2 is 1.67 bits per heavy atom. The van der Waals surface area contributed by atoms with Gasteiger partial charge in [-0.15, -0.1) is 0 Å². The summed E-state index contributed by atoms with van der Waals surface area (Å²) in [6.07, 6.45) is 12.7. The lowest BCUT2D eigenvalue weighted by atomic mass is 9.42. The van der Waals surface area contributed by atoms with Crippen LogP contribution in [0.25, 0.3) is 0 Å². The van der Waals surface area contributed by atoms with Gasteiger partial charge in [-0.25, -0.2) is 0 Å². The molecule has 0 amide bonds. The fourth-order valence-electron chi connectivity index (χ4n) is 9.38. The van der Waals surface area contributed by atoms with Gasteiger partial charge in [0.2, 0.25) is 0 Å². The third-order valence-corrected chi connectivity index (χ3v) is 10.9. The van der Waals surface area contributed by atoms with Gasteiger partial charge in [-0.2, -0.15) is 0 Å². The SMILES string of the molecule is CC(C)CCC[C@@H](C)[C@H]1CC[C@H]2[C@@H]3CC[C@@]4(O)C[C@@H](O)CC[C@]4(CO)[C@H]3CC[C@]12C. The maximum Gasteiger partial charge on any atom is 0.0753 e. The third kappa shape index (κ3) is 3.50. The number of fused-ring (bicyclic) bond motifs is 5. The predicted octanol–water partition coefficient (Wildman–Crippen LogP) is 5.56. The van der Waals surface area contributed by atoms with Crippen molar-refractivity contribution >= 4 is 0 Å². The molecule has 0 aromatic carbocycles. The normalized spacial score (nSPS) is 49.4. The van der Waals surface area contributed by atoms with Crippen molar-refractivity contribution in [1.29, 1.82) is 0 Å². The van der Waals surface area contributed by atoms with Crippen LogP contribution in [0.5, 0.6) is 0 Å². The molecule has 0 aromatic heterocycles. The molecule has 3 heteroatoms. The van der Waals surface area contributed by atoms with Crippen molar-refractivity contribution in [3.63, 3.8) is 0 Å². The number of aliphatic hydroxyl groups excluding tert-OH is 2. The molecule has 0 unspecified atom stereocenters. The highest BCUT2D eigenvalue weighted by molar-refractivity contribution is 5.15. The summed E-state index contributed by atoms with van der Waals surface area (Å²) in [5.41, 5.74) is -0.799. The molecule has 4 aliphatic rings. The van der Waals surface area contributed by atoms with E-state index in [9.17, 15) is 15.3 Å². The van der Waals surface area contributed by atoms with Crippen LogP contribution in [0, 0.1) is 46.3 Å². The zero-order chi connectivity index (χ0) is 21.7. The molecule has 3 N–H and O–H groups in total. The van der Waals surface area contributed by atoms with Crippen molar-refractivity contribution in [2.45, 2.75) is 116 Å². The largest absolute Gasteiger partial charge is 0.396 e.